The first-order chi connectivity index (χ1) is 10.1. The lowest BCUT2D eigenvalue weighted by atomic mass is 9.99. The zero-order chi connectivity index (χ0) is 15.0. The van der Waals surface area contributed by atoms with Crippen LogP contribution in [-0.4, -0.2) is 62.7 Å². The number of ether oxygens (including phenoxy) is 2. The van der Waals surface area contributed by atoms with Crippen molar-refractivity contribution in [3.05, 3.63) is 30.5 Å². The van der Waals surface area contributed by atoms with Crippen LogP contribution in [0.25, 0.3) is 10.9 Å². The van der Waals surface area contributed by atoms with Gasteiger partial charge in [0.25, 0.3) is 0 Å². The van der Waals surface area contributed by atoms with E-state index in [9.17, 15) is 15.3 Å². The second kappa shape index (κ2) is 5.63. The van der Waals surface area contributed by atoms with Crippen LogP contribution in [0, 0.1) is 0 Å². The van der Waals surface area contributed by atoms with Crippen molar-refractivity contribution in [2.75, 3.05) is 6.61 Å². The van der Waals surface area contributed by atoms with Gasteiger partial charge in [0.15, 0.2) is 0 Å². The monoisotopic (exact) mass is 295 g/mol. The van der Waals surface area contributed by atoms with Gasteiger partial charge in [-0.1, -0.05) is 12.1 Å². The number of aliphatic hydroxyl groups is 4. The quantitative estimate of drug-likeness (QED) is 0.514. The summed E-state index contributed by atoms with van der Waals surface area (Å²) in [4.78, 5) is 3.01. The molecule has 1 aliphatic rings. The first-order valence-electron chi connectivity index (χ1n) is 6.65. The van der Waals surface area contributed by atoms with Crippen LogP contribution in [0.15, 0.2) is 30.5 Å². The molecule has 0 spiro atoms. The molecular weight excluding hydrogens is 278 g/mol. The number of rotatable bonds is 3. The van der Waals surface area contributed by atoms with Gasteiger partial charge in [-0.3, -0.25) is 0 Å². The van der Waals surface area contributed by atoms with Crippen LogP contribution in [0.1, 0.15) is 0 Å². The average molecular weight is 295 g/mol. The van der Waals surface area contributed by atoms with E-state index >= 15 is 0 Å². The Bertz CT molecular complexity index is 612. The number of para-hydroxylation sites is 1. The van der Waals surface area contributed by atoms with Crippen LogP contribution in [0.4, 0.5) is 0 Å². The molecule has 1 aromatic carbocycles. The van der Waals surface area contributed by atoms with E-state index < -0.39 is 37.3 Å². The molecule has 5 atom stereocenters. The molecule has 0 unspecified atom stereocenters. The molecule has 2 heterocycles. The molecule has 1 fully saturated rings. The second-order valence-electron chi connectivity index (χ2n) is 5.01. The van der Waals surface area contributed by atoms with Crippen LogP contribution >= 0.6 is 0 Å². The SMILES string of the molecule is OC[C@H]1O[C@H](Oc2c[nH]c3ccccc23)[C@H](O)[C@@H](O)[C@@H]1O. The molecule has 3 rings (SSSR count). The molecule has 21 heavy (non-hydrogen) atoms. The van der Waals surface area contributed by atoms with E-state index in [1.54, 1.807) is 6.20 Å². The maximum Gasteiger partial charge on any atom is 0.229 e. The van der Waals surface area contributed by atoms with E-state index in [1.165, 1.54) is 0 Å². The fourth-order valence-corrected chi connectivity index (χ4v) is 2.43. The van der Waals surface area contributed by atoms with Gasteiger partial charge in [-0.15, -0.1) is 0 Å². The lowest BCUT2D eigenvalue weighted by molar-refractivity contribution is -0.277. The summed E-state index contributed by atoms with van der Waals surface area (Å²) < 4.78 is 10.9. The van der Waals surface area contributed by atoms with Gasteiger partial charge in [0, 0.05) is 17.1 Å². The van der Waals surface area contributed by atoms with Gasteiger partial charge in [-0.05, 0) is 12.1 Å². The van der Waals surface area contributed by atoms with Gasteiger partial charge in [-0.25, -0.2) is 0 Å². The lowest BCUT2D eigenvalue weighted by Gasteiger charge is -2.39. The van der Waals surface area contributed by atoms with Crippen molar-refractivity contribution in [1.29, 1.82) is 0 Å². The van der Waals surface area contributed by atoms with E-state index in [2.05, 4.69) is 4.98 Å². The third kappa shape index (κ3) is 2.50. The normalized spacial score (nSPS) is 33.2. The van der Waals surface area contributed by atoms with Gasteiger partial charge in [-0.2, -0.15) is 0 Å². The minimum atomic E-state index is -1.45. The third-order valence-electron chi connectivity index (χ3n) is 3.64. The van der Waals surface area contributed by atoms with Crippen LogP contribution < -0.4 is 4.74 Å². The molecule has 0 radical (unpaired) electrons. The highest BCUT2D eigenvalue weighted by atomic mass is 16.7. The van der Waals surface area contributed by atoms with E-state index in [0.29, 0.717) is 5.75 Å². The van der Waals surface area contributed by atoms with Crippen LogP contribution in [0.2, 0.25) is 0 Å². The first kappa shape index (κ1) is 14.3. The maximum absolute atomic E-state index is 9.94. The highest BCUT2D eigenvalue weighted by Crippen LogP contribution is 2.29. The molecule has 1 aliphatic heterocycles. The summed E-state index contributed by atoms with van der Waals surface area (Å²) in [7, 11) is 0. The molecule has 114 valence electrons. The van der Waals surface area contributed by atoms with Crippen molar-refractivity contribution in [1.82, 2.24) is 4.98 Å². The zero-order valence-corrected chi connectivity index (χ0v) is 11.1. The van der Waals surface area contributed by atoms with Crippen LogP contribution in [-0.2, 0) is 4.74 Å². The molecule has 1 saturated heterocycles. The minimum absolute atomic E-state index is 0.454. The number of fused-ring (bicyclic) bond motifs is 1. The number of nitrogens with one attached hydrogen (secondary N) is 1. The first-order valence-corrected chi connectivity index (χ1v) is 6.65. The number of aliphatic hydroxyl groups excluding tert-OH is 4. The molecule has 0 aliphatic carbocycles. The maximum atomic E-state index is 9.94. The Morgan fingerprint density at radius 3 is 2.62 bits per heavy atom. The van der Waals surface area contributed by atoms with Gasteiger partial charge in [0.2, 0.25) is 6.29 Å². The summed E-state index contributed by atoms with van der Waals surface area (Å²) in [6.07, 6.45) is -4.82. The van der Waals surface area contributed by atoms with Crippen LogP contribution in [0.3, 0.4) is 0 Å². The summed E-state index contributed by atoms with van der Waals surface area (Å²) in [5, 5.41) is 39.3. The predicted octanol–water partition coefficient (Wildman–Crippen LogP) is -0.653. The Morgan fingerprint density at radius 1 is 1.10 bits per heavy atom. The molecule has 2 aromatic rings. The lowest BCUT2D eigenvalue weighted by Crippen LogP contribution is -2.60. The molecular formula is C14H17NO6. The number of hydrogen-bond donors (Lipinski definition) is 5. The molecule has 0 amide bonds. The van der Waals surface area contributed by atoms with E-state index in [1.807, 2.05) is 24.3 Å². The Kier molecular flexibility index (Phi) is 3.83. The highest BCUT2D eigenvalue weighted by Gasteiger charge is 2.44. The van der Waals surface area contributed by atoms with E-state index in [4.69, 9.17) is 14.6 Å². The third-order valence-corrected chi connectivity index (χ3v) is 3.64. The van der Waals surface area contributed by atoms with Crippen molar-refractivity contribution in [2.24, 2.45) is 0 Å². The topological polar surface area (TPSA) is 115 Å². The highest BCUT2D eigenvalue weighted by molar-refractivity contribution is 5.85. The van der Waals surface area contributed by atoms with E-state index in [-0.39, 0.29) is 0 Å². The molecule has 5 N–H and O–H groups in total. The number of H-pyrrole nitrogens is 1. The number of hydrogen-bond acceptors (Lipinski definition) is 6. The molecule has 1 aromatic heterocycles. The minimum Gasteiger partial charge on any atom is -0.460 e. The molecule has 0 bridgehead atoms. The Balaban J connectivity index is 1.83. The number of benzene rings is 1. The fraction of sp³-hybridized carbons (Fsp3) is 0.429. The second-order valence-corrected chi connectivity index (χ2v) is 5.01. The van der Waals surface area contributed by atoms with Crippen molar-refractivity contribution >= 4 is 10.9 Å². The summed E-state index contributed by atoms with van der Waals surface area (Å²) in [6.45, 7) is -0.487. The van der Waals surface area contributed by atoms with E-state index in [0.717, 1.165) is 10.9 Å². The average Bonchev–Trinajstić information content (AvgIpc) is 2.91. The fourth-order valence-electron chi connectivity index (χ4n) is 2.43. The van der Waals surface area contributed by atoms with Crippen LogP contribution in [0.5, 0.6) is 5.75 Å². The number of aromatic nitrogens is 1. The largest absolute Gasteiger partial charge is 0.460 e. The zero-order valence-electron chi connectivity index (χ0n) is 11.1. The number of aromatic amines is 1. The van der Waals surface area contributed by atoms with Crippen molar-refractivity contribution in [3.8, 4) is 5.75 Å². The Labute approximate surface area is 120 Å². The van der Waals surface area contributed by atoms with Gasteiger partial charge in [0.1, 0.15) is 30.2 Å². The standard InChI is InChI=1S/C14H17NO6/c16-6-10-11(17)12(18)13(19)14(21-10)20-9-5-15-8-4-2-1-3-7(8)9/h1-5,10-19H,6H2/t10-,11-,12+,13-,14+/m1/s1. The van der Waals surface area contributed by atoms with Crippen molar-refractivity contribution < 1.29 is 29.9 Å². The van der Waals surface area contributed by atoms with Crippen molar-refractivity contribution in [2.45, 2.75) is 30.7 Å². The molecule has 7 nitrogen and oxygen atoms in total. The van der Waals surface area contributed by atoms with Gasteiger partial charge in [0.05, 0.1) is 6.61 Å². The van der Waals surface area contributed by atoms with Crippen molar-refractivity contribution in [3.63, 3.8) is 0 Å². The Morgan fingerprint density at radius 2 is 1.86 bits per heavy atom. The van der Waals surface area contributed by atoms with Gasteiger partial charge < -0.3 is 34.9 Å². The summed E-state index contributed by atoms with van der Waals surface area (Å²) in [6, 6.07) is 7.42. The Hall–Kier alpha value is -1.64. The summed E-state index contributed by atoms with van der Waals surface area (Å²) in [5.74, 6) is 0.454. The molecule has 0 saturated carbocycles. The summed E-state index contributed by atoms with van der Waals surface area (Å²) >= 11 is 0. The van der Waals surface area contributed by atoms with Gasteiger partial charge >= 0.3 is 0 Å². The predicted molar refractivity (Wildman–Crippen MR) is 72.7 cm³/mol. The molecule has 7 heteroatoms. The smallest absolute Gasteiger partial charge is 0.229 e. The summed E-state index contributed by atoms with van der Waals surface area (Å²) in [5.41, 5.74) is 0.858.